The molecule has 0 aliphatic rings. The van der Waals surface area contributed by atoms with Gasteiger partial charge in [-0.25, -0.2) is 0 Å². The summed E-state index contributed by atoms with van der Waals surface area (Å²) in [6, 6.07) is 21.6. The van der Waals surface area contributed by atoms with Gasteiger partial charge in [-0.1, -0.05) is 42.0 Å². The van der Waals surface area contributed by atoms with Crippen LogP contribution in [0.1, 0.15) is 23.6 Å². The second-order valence-electron chi connectivity index (χ2n) is 7.78. The summed E-state index contributed by atoms with van der Waals surface area (Å²) < 4.78 is 11.4. The van der Waals surface area contributed by atoms with Gasteiger partial charge in [0.1, 0.15) is 11.6 Å². The van der Waals surface area contributed by atoms with Crippen molar-refractivity contribution in [3.05, 3.63) is 89.0 Å². The van der Waals surface area contributed by atoms with Crippen LogP contribution in [0.25, 0.3) is 6.08 Å². The fourth-order valence-corrected chi connectivity index (χ4v) is 3.32. The average molecular weight is 470 g/mol. The number of nitrogens with one attached hydrogen (secondary N) is 2. The summed E-state index contributed by atoms with van der Waals surface area (Å²) in [6.07, 6.45) is 1.47. The Morgan fingerprint density at radius 3 is 2.40 bits per heavy atom. The number of carbonyl (C=O) groups is 2. The third kappa shape index (κ3) is 7.21. The molecule has 0 fully saturated rings. The minimum Gasteiger partial charge on any atom is -0.490 e. The molecule has 35 heavy (non-hydrogen) atoms. The van der Waals surface area contributed by atoms with Crippen LogP contribution in [-0.4, -0.2) is 25.0 Å². The summed E-state index contributed by atoms with van der Waals surface area (Å²) in [5.74, 6) is -0.0267. The molecule has 0 aliphatic heterocycles. The minimum atomic E-state index is -0.514. The molecule has 7 heteroatoms. The van der Waals surface area contributed by atoms with Gasteiger partial charge >= 0.3 is 0 Å². The van der Waals surface area contributed by atoms with Crippen molar-refractivity contribution in [1.29, 1.82) is 5.26 Å². The minimum absolute atomic E-state index is 0.0576. The topological polar surface area (TPSA) is 100 Å². The number of para-hydroxylation sites is 1. The third-order valence-electron chi connectivity index (χ3n) is 4.99. The zero-order valence-electron chi connectivity index (χ0n) is 19.9. The molecule has 0 spiro atoms. The van der Waals surface area contributed by atoms with Gasteiger partial charge in [0.2, 0.25) is 0 Å². The predicted octanol–water partition coefficient (Wildman–Crippen LogP) is 5.27. The first-order valence-corrected chi connectivity index (χ1v) is 11.1. The number of hydrogen-bond donors (Lipinski definition) is 2. The molecule has 3 rings (SSSR count). The Bertz CT molecular complexity index is 1280. The molecule has 0 heterocycles. The first kappa shape index (κ1) is 25.1. The van der Waals surface area contributed by atoms with E-state index in [2.05, 4.69) is 10.6 Å². The van der Waals surface area contributed by atoms with Crippen LogP contribution in [0.15, 0.2) is 72.3 Å². The van der Waals surface area contributed by atoms with E-state index in [4.69, 9.17) is 9.47 Å². The van der Waals surface area contributed by atoms with E-state index in [-0.39, 0.29) is 18.1 Å². The number of nitriles is 1. The molecule has 0 radical (unpaired) electrons. The molecule has 0 bridgehead atoms. The molecular formula is C28H27N3O4. The lowest BCUT2D eigenvalue weighted by atomic mass is 10.1. The highest BCUT2D eigenvalue weighted by Gasteiger charge is 2.13. The van der Waals surface area contributed by atoms with E-state index in [9.17, 15) is 14.9 Å². The van der Waals surface area contributed by atoms with Crippen LogP contribution in [0, 0.1) is 25.2 Å². The van der Waals surface area contributed by atoms with Crippen molar-refractivity contribution in [1.82, 2.24) is 0 Å². The van der Waals surface area contributed by atoms with E-state index >= 15 is 0 Å². The largest absolute Gasteiger partial charge is 0.490 e. The van der Waals surface area contributed by atoms with Crippen LogP contribution in [0.5, 0.6) is 11.5 Å². The number of ether oxygens (including phenoxy) is 2. The van der Waals surface area contributed by atoms with E-state index in [0.29, 0.717) is 29.4 Å². The van der Waals surface area contributed by atoms with Crippen molar-refractivity contribution in [2.75, 3.05) is 23.8 Å². The van der Waals surface area contributed by atoms with Gasteiger partial charge in [0, 0.05) is 11.4 Å². The maximum atomic E-state index is 12.5. The summed E-state index contributed by atoms with van der Waals surface area (Å²) in [5.41, 5.74) is 3.93. The SMILES string of the molecule is CCOc1cc(/C=C(\C#N)C(=O)Nc2ccccc2)ccc1OCC(=O)Nc1ccc(C)cc1C. The molecule has 0 aromatic heterocycles. The second kappa shape index (κ2) is 12.1. The summed E-state index contributed by atoms with van der Waals surface area (Å²) >= 11 is 0. The van der Waals surface area contributed by atoms with Crippen LogP contribution in [-0.2, 0) is 9.59 Å². The van der Waals surface area contributed by atoms with Crippen LogP contribution in [0.2, 0.25) is 0 Å². The summed E-state index contributed by atoms with van der Waals surface area (Å²) in [7, 11) is 0. The summed E-state index contributed by atoms with van der Waals surface area (Å²) in [6.45, 7) is 5.92. The van der Waals surface area contributed by atoms with Crippen molar-refractivity contribution < 1.29 is 19.1 Å². The number of benzene rings is 3. The van der Waals surface area contributed by atoms with Crippen LogP contribution in [0.4, 0.5) is 11.4 Å². The molecule has 3 aromatic rings. The van der Waals surface area contributed by atoms with Gasteiger partial charge in [-0.15, -0.1) is 0 Å². The fraction of sp³-hybridized carbons (Fsp3) is 0.179. The number of anilines is 2. The van der Waals surface area contributed by atoms with Gasteiger partial charge in [-0.05, 0) is 68.3 Å². The van der Waals surface area contributed by atoms with Gasteiger partial charge < -0.3 is 20.1 Å². The van der Waals surface area contributed by atoms with Gasteiger partial charge in [-0.3, -0.25) is 9.59 Å². The Morgan fingerprint density at radius 2 is 1.71 bits per heavy atom. The molecule has 7 nitrogen and oxygen atoms in total. The molecule has 0 saturated heterocycles. The average Bonchev–Trinajstić information content (AvgIpc) is 2.84. The van der Waals surface area contributed by atoms with Gasteiger partial charge in [0.15, 0.2) is 18.1 Å². The highest BCUT2D eigenvalue weighted by molar-refractivity contribution is 6.09. The summed E-state index contributed by atoms with van der Waals surface area (Å²) in [4.78, 5) is 24.9. The zero-order valence-corrected chi connectivity index (χ0v) is 19.9. The first-order valence-electron chi connectivity index (χ1n) is 11.1. The number of aryl methyl sites for hydroxylation is 2. The van der Waals surface area contributed by atoms with Crippen LogP contribution in [0.3, 0.4) is 0 Å². The Balaban J connectivity index is 1.71. The molecule has 2 amide bonds. The van der Waals surface area contributed by atoms with E-state index < -0.39 is 5.91 Å². The molecule has 0 atom stereocenters. The molecule has 0 aliphatic carbocycles. The van der Waals surface area contributed by atoms with Gasteiger partial charge in [0.25, 0.3) is 11.8 Å². The van der Waals surface area contributed by atoms with Crippen molar-refractivity contribution in [2.45, 2.75) is 20.8 Å². The predicted molar refractivity (Wildman–Crippen MR) is 136 cm³/mol. The van der Waals surface area contributed by atoms with Crippen LogP contribution < -0.4 is 20.1 Å². The van der Waals surface area contributed by atoms with E-state index in [1.807, 2.05) is 51.1 Å². The van der Waals surface area contributed by atoms with Crippen molar-refractivity contribution in [3.8, 4) is 17.6 Å². The Hall–Kier alpha value is -4.57. The van der Waals surface area contributed by atoms with E-state index in [0.717, 1.165) is 16.8 Å². The van der Waals surface area contributed by atoms with Crippen molar-refractivity contribution in [3.63, 3.8) is 0 Å². The van der Waals surface area contributed by atoms with Crippen molar-refractivity contribution in [2.24, 2.45) is 0 Å². The molecule has 2 N–H and O–H groups in total. The van der Waals surface area contributed by atoms with Gasteiger partial charge in [0.05, 0.1) is 6.61 Å². The van der Waals surface area contributed by atoms with E-state index in [1.54, 1.807) is 42.5 Å². The lowest BCUT2D eigenvalue weighted by molar-refractivity contribution is -0.118. The first-order chi connectivity index (χ1) is 16.9. The van der Waals surface area contributed by atoms with Crippen molar-refractivity contribution >= 4 is 29.3 Å². The maximum Gasteiger partial charge on any atom is 0.266 e. The molecule has 3 aromatic carbocycles. The highest BCUT2D eigenvalue weighted by Crippen LogP contribution is 2.29. The number of rotatable bonds is 9. The number of amides is 2. The zero-order chi connectivity index (χ0) is 25.2. The lowest BCUT2D eigenvalue weighted by Crippen LogP contribution is -2.21. The Kier molecular flexibility index (Phi) is 8.63. The van der Waals surface area contributed by atoms with Crippen LogP contribution >= 0.6 is 0 Å². The molecule has 0 unspecified atom stereocenters. The number of carbonyl (C=O) groups excluding carboxylic acids is 2. The summed E-state index contributed by atoms with van der Waals surface area (Å²) in [5, 5.41) is 15.0. The van der Waals surface area contributed by atoms with Gasteiger partial charge in [-0.2, -0.15) is 5.26 Å². The highest BCUT2D eigenvalue weighted by atomic mass is 16.5. The third-order valence-corrected chi connectivity index (χ3v) is 4.99. The Morgan fingerprint density at radius 1 is 0.943 bits per heavy atom. The maximum absolute atomic E-state index is 12.5. The Labute approximate surface area is 205 Å². The number of nitrogens with zero attached hydrogens (tertiary/aromatic N) is 1. The normalized spacial score (nSPS) is 10.7. The number of hydrogen-bond acceptors (Lipinski definition) is 5. The fourth-order valence-electron chi connectivity index (χ4n) is 3.32. The molecule has 0 saturated carbocycles. The lowest BCUT2D eigenvalue weighted by Gasteiger charge is -2.13. The standard InChI is InChI=1S/C28H27N3O4/c1-4-34-26-16-21(15-22(17-29)28(33)30-23-8-6-5-7-9-23)11-13-25(26)35-18-27(32)31-24-12-10-19(2)14-20(24)3/h5-16H,4,18H2,1-3H3,(H,30,33)(H,31,32)/b22-15+. The quantitative estimate of drug-likeness (QED) is 0.329. The van der Waals surface area contributed by atoms with E-state index in [1.165, 1.54) is 6.08 Å². The molecule has 178 valence electrons. The second-order valence-corrected chi connectivity index (χ2v) is 7.78. The smallest absolute Gasteiger partial charge is 0.266 e. The molecular weight excluding hydrogens is 442 g/mol. The monoisotopic (exact) mass is 469 g/mol.